The first-order chi connectivity index (χ1) is 13.3. The van der Waals surface area contributed by atoms with Gasteiger partial charge < -0.3 is 9.88 Å². The van der Waals surface area contributed by atoms with Crippen LogP contribution in [0.3, 0.4) is 0 Å². The maximum atomic E-state index is 12.6. The fourth-order valence-corrected chi connectivity index (χ4v) is 3.58. The van der Waals surface area contributed by atoms with Crippen LogP contribution in [-0.2, 0) is 7.05 Å². The maximum absolute atomic E-state index is 12.6. The van der Waals surface area contributed by atoms with Crippen molar-refractivity contribution < 1.29 is 9.72 Å². The quantitative estimate of drug-likeness (QED) is 0.437. The van der Waals surface area contributed by atoms with Crippen molar-refractivity contribution >= 4 is 39.3 Å². The predicted octanol–water partition coefficient (Wildman–Crippen LogP) is 4.13. The summed E-state index contributed by atoms with van der Waals surface area (Å²) in [6, 6.07) is 11.7. The molecule has 1 heterocycles. The summed E-state index contributed by atoms with van der Waals surface area (Å²) < 4.78 is 2.61. The molecule has 0 saturated carbocycles. The smallest absolute Gasteiger partial charge is 0.284 e. The molecule has 1 N–H and O–H groups in total. The van der Waals surface area contributed by atoms with E-state index in [0.29, 0.717) is 10.1 Å². The zero-order valence-electron chi connectivity index (χ0n) is 15.0. The highest BCUT2D eigenvalue weighted by Gasteiger charge is 2.21. The zero-order chi connectivity index (χ0) is 20.3. The summed E-state index contributed by atoms with van der Waals surface area (Å²) in [6.07, 6.45) is 1.51. The minimum absolute atomic E-state index is 0.156. The number of nitrogens with one attached hydrogen (secondary N) is 1. The third-order valence-electron chi connectivity index (χ3n) is 4.01. The average Bonchev–Trinajstić information content (AvgIpc) is 3.07. The lowest BCUT2D eigenvalue weighted by molar-refractivity contribution is -0.387. The average molecular weight is 462 g/mol. The Bertz CT molecular complexity index is 1020. The third kappa shape index (κ3) is 4.57. The monoisotopic (exact) mass is 461 g/mol. The van der Waals surface area contributed by atoms with Crippen LogP contribution >= 0.6 is 27.7 Å². The second kappa shape index (κ2) is 8.53. The van der Waals surface area contributed by atoms with Crippen LogP contribution in [0.2, 0.25) is 0 Å². The number of rotatable bonds is 6. The molecule has 10 heteroatoms. The SMILES string of the molecule is CC(NC(=O)c1ccc(Sc2nncn2C)c([N+](=O)[O-])c1)c1ccc(Br)cc1. The Balaban J connectivity index is 1.80. The minimum Gasteiger partial charge on any atom is -0.346 e. The van der Waals surface area contributed by atoms with Crippen molar-refractivity contribution in [3.8, 4) is 0 Å². The van der Waals surface area contributed by atoms with Gasteiger partial charge in [0.25, 0.3) is 11.6 Å². The molecule has 1 aromatic heterocycles. The summed E-state index contributed by atoms with van der Waals surface area (Å²) in [5.74, 6) is -0.381. The summed E-state index contributed by atoms with van der Waals surface area (Å²) in [5.41, 5.74) is 0.996. The maximum Gasteiger partial charge on any atom is 0.284 e. The van der Waals surface area contributed by atoms with Gasteiger partial charge in [0.2, 0.25) is 0 Å². The molecule has 1 amide bonds. The van der Waals surface area contributed by atoms with Gasteiger partial charge >= 0.3 is 0 Å². The summed E-state index contributed by atoms with van der Waals surface area (Å²) in [7, 11) is 1.75. The van der Waals surface area contributed by atoms with E-state index in [2.05, 4.69) is 31.4 Å². The number of hydrogen-bond donors (Lipinski definition) is 1. The lowest BCUT2D eigenvalue weighted by atomic mass is 10.1. The van der Waals surface area contributed by atoms with Crippen LogP contribution in [0.5, 0.6) is 0 Å². The number of carbonyl (C=O) groups is 1. The van der Waals surface area contributed by atoms with Crippen molar-refractivity contribution in [3.05, 3.63) is 74.5 Å². The molecule has 3 rings (SSSR count). The third-order valence-corrected chi connectivity index (χ3v) is 5.65. The van der Waals surface area contributed by atoms with E-state index in [9.17, 15) is 14.9 Å². The van der Waals surface area contributed by atoms with E-state index in [1.807, 2.05) is 31.2 Å². The molecule has 8 nitrogen and oxygen atoms in total. The number of carbonyl (C=O) groups excluding carboxylic acids is 1. The number of amides is 1. The highest BCUT2D eigenvalue weighted by atomic mass is 79.9. The lowest BCUT2D eigenvalue weighted by Gasteiger charge is -2.14. The van der Waals surface area contributed by atoms with E-state index in [1.54, 1.807) is 23.7 Å². The Morgan fingerprint density at radius 3 is 2.61 bits per heavy atom. The number of halogens is 1. The van der Waals surface area contributed by atoms with Crippen molar-refractivity contribution in [1.29, 1.82) is 0 Å². The predicted molar refractivity (Wildman–Crippen MR) is 108 cm³/mol. The van der Waals surface area contributed by atoms with Gasteiger partial charge in [-0.1, -0.05) is 28.1 Å². The molecule has 0 bridgehead atoms. The summed E-state index contributed by atoms with van der Waals surface area (Å²) in [6.45, 7) is 1.86. The molecule has 0 radical (unpaired) electrons. The van der Waals surface area contributed by atoms with E-state index >= 15 is 0 Å². The van der Waals surface area contributed by atoms with Crippen molar-refractivity contribution in [2.75, 3.05) is 0 Å². The number of benzene rings is 2. The number of aryl methyl sites for hydroxylation is 1. The minimum atomic E-state index is -0.506. The molecular formula is C18H16BrN5O3S. The van der Waals surface area contributed by atoms with Crippen LogP contribution < -0.4 is 5.32 Å². The van der Waals surface area contributed by atoms with E-state index in [-0.39, 0.29) is 23.2 Å². The van der Waals surface area contributed by atoms with Gasteiger partial charge in [0.05, 0.1) is 15.9 Å². The Morgan fingerprint density at radius 1 is 1.29 bits per heavy atom. The largest absolute Gasteiger partial charge is 0.346 e. The van der Waals surface area contributed by atoms with Crippen molar-refractivity contribution in [2.24, 2.45) is 7.05 Å². The number of nitro benzene ring substituents is 1. The van der Waals surface area contributed by atoms with Gasteiger partial charge in [0.1, 0.15) is 6.33 Å². The Hall–Kier alpha value is -2.72. The molecule has 28 heavy (non-hydrogen) atoms. The molecular weight excluding hydrogens is 446 g/mol. The van der Waals surface area contributed by atoms with Gasteiger partial charge in [-0.15, -0.1) is 10.2 Å². The molecule has 3 aromatic rings. The highest BCUT2D eigenvalue weighted by molar-refractivity contribution is 9.10. The molecule has 1 unspecified atom stereocenters. The van der Waals surface area contributed by atoms with Crippen molar-refractivity contribution in [1.82, 2.24) is 20.1 Å². The molecule has 1 atom stereocenters. The number of nitro groups is 1. The molecule has 0 aliphatic carbocycles. The van der Waals surface area contributed by atoms with Gasteiger partial charge in [0.15, 0.2) is 5.16 Å². The first kappa shape index (κ1) is 20.0. The molecule has 144 valence electrons. The van der Waals surface area contributed by atoms with Gasteiger partial charge in [-0.3, -0.25) is 14.9 Å². The van der Waals surface area contributed by atoms with Crippen LogP contribution in [-0.4, -0.2) is 25.6 Å². The fraction of sp³-hybridized carbons (Fsp3) is 0.167. The standard InChI is InChI=1S/C18H16BrN5O3S/c1-11(12-3-6-14(19)7-4-12)21-17(25)13-5-8-16(15(9-13)24(26)27)28-18-22-20-10-23(18)2/h3-11H,1-2H3,(H,21,25). The molecule has 0 aliphatic heterocycles. The summed E-state index contributed by atoms with van der Waals surface area (Å²) in [5, 5.41) is 22.6. The van der Waals surface area contributed by atoms with Crippen LogP contribution in [0, 0.1) is 10.1 Å². The zero-order valence-corrected chi connectivity index (χ0v) is 17.4. The second-order valence-electron chi connectivity index (χ2n) is 6.01. The summed E-state index contributed by atoms with van der Waals surface area (Å²) in [4.78, 5) is 24.0. The van der Waals surface area contributed by atoms with Crippen molar-refractivity contribution in [3.63, 3.8) is 0 Å². The molecule has 0 fully saturated rings. The van der Waals surface area contributed by atoms with Gasteiger partial charge in [-0.2, -0.15) is 0 Å². The van der Waals surface area contributed by atoms with E-state index in [0.717, 1.165) is 21.8 Å². The number of hydrogen-bond acceptors (Lipinski definition) is 6. The molecule has 0 spiro atoms. The first-order valence-electron chi connectivity index (χ1n) is 8.22. The Morgan fingerprint density at radius 2 is 2.00 bits per heavy atom. The number of nitrogens with zero attached hydrogens (tertiary/aromatic N) is 4. The normalized spacial score (nSPS) is 11.8. The lowest BCUT2D eigenvalue weighted by Crippen LogP contribution is -2.26. The van der Waals surface area contributed by atoms with Gasteiger partial charge in [0, 0.05) is 23.2 Å². The number of aromatic nitrogens is 3. The fourth-order valence-electron chi connectivity index (χ4n) is 2.47. The highest BCUT2D eigenvalue weighted by Crippen LogP contribution is 2.34. The molecule has 0 saturated heterocycles. The Kier molecular flexibility index (Phi) is 6.10. The first-order valence-corrected chi connectivity index (χ1v) is 9.82. The molecule has 2 aromatic carbocycles. The molecule has 0 aliphatic rings. The van der Waals surface area contributed by atoms with Crippen LogP contribution in [0.1, 0.15) is 28.9 Å². The van der Waals surface area contributed by atoms with Crippen LogP contribution in [0.15, 0.2) is 63.3 Å². The van der Waals surface area contributed by atoms with Crippen LogP contribution in [0.25, 0.3) is 0 Å². The summed E-state index contributed by atoms with van der Waals surface area (Å²) >= 11 is 4.49. The van der Waals surface area contributed by atoms with E-state index < -0.39 is 4.92 Å². The van der Waals surface area contributed by atoms with Crippen molar-refractivity contribution in [2.45, 2.75) is 23.0 Å². The van der Waals surface area contributed by atoms with E-state index in [1.165, 1.54) is 12.4 Å². The Labute approximate surface area is 173 Å². The van der Waals surface area contributed by atoms with Gasteiger partial charge in [-0.25, -0.2) is 0 Å². The topological polar surface area (TPSA) is 103 Å². The van der Waals surface area contributed by atoms with Crippen LogP contribution in [0.4, 0.5) is 5.69 Å². The van der Waals surface area contributed by atoms with E-state index in [4.69, 9.17) is 0 Å². The second-order valence-corrected chi connectivity index (χ2v) is 7.94. The van der Waals surface area contributed by atoms with Gasteiger partial charge in [-0.05, 0) is 48.5 Å².